The summed E-state index contributed by atoms with van der Waals surface area (Å²) in [4.78, 5) is 26.7. The molecule has 1 aromatic rings. The number of sulfone groups is 1. The van der Waals surface area contributed by atoms with E-state index in [1.807, 2.05) is 26.0 Å². The molecule has 0 aromatic heterocycles. The molecule has 0 saturated carbocycles. The van der Waals surface area contributed by atoms with Crippen LogP contribution < -0.4 is 0 Å². The van der Waals surface area contributed by atoms with Crippen LogP contribution in [0.3, 0.4) is 0 Å². The molecular formula is C20H27NO5S. The molecule has 0 N–H and O–H groups in total. The summed E-state index contributed by atoms with van der Waals surface area (Å²) in [6, 6.07) is 5.11. The van der Waals surface area contributed by atoms with Crippen LogP contribution in [0.1, 0.15) is 54.6 Å². The predicted molar refractivity (Wildman–Crippen MR) is 102 cm³/mol. The van der Waals surface area contributed by atoms with Crippen LogP contribution in [0.4, 0.5) is 0 Å². The first kappa shape index (κ1) is 19.9. The molecule has 1 amide bonds. The lowest BCUT2D eigenvalue weighted by Gasteiger charge is -2.33. The number of benzene rings is 1. The third-order valence-electron chi connectivity index (χ3n) is 5.62. The van der Waals surface area contributed by atoms with Crippen molar-refractivity contribution in [1.29, 1.82) is 0 Å². The van der Waals surface area contributed by atoms with Gasteiger partial charge in [-0.25, -0.2) is 13.2 Å². The van der Waals surface area contributed by atoms with E-state index >= 15 is 0 Å². The lowest BCUT2D eigenvalue weighted by Crippen LogP contribution is -2.48. The topological polar surface area (TPSA) is 80.8 Å². The summed E-state index contributed by atoms with van der Waals surface area (Å²) in [7, 11) is -3.10. The molecule has 2 atom stereocenters. The standard InChI is InChI=1S/C20H27NO5S/c1-3-14(2)21(18-9-10-27(24,25)13-18)19(22)12-26-20(23)17-8-7-15-5-4-6-16(15)11-17/h7-8,11,14,18H,3-6,9-10,12-13H2,1-2H3/t14-,18-/m0/s1. The summed E-state index contributed by atoms with van der Waals surface area (Å²) in [5.41, 5.74) is 2.91. The molecule has 0 bridgehead atoms. The largest absolute Gasteiger partial charge is 0.452 e. The van der Waals surface area contributed by atoms with Gasteiger partial charge in [0.15, 0.2) is 16.4 Å². The molecule has 1 heterocycles. The third-order valence-corrected chi connectivity index (χ3v) is 7.37. The van der Waals surface area contributed by atoms with Crippen LogP contribution in [-0.2, 0) is 32.2 Å². The number of aryl methyl sites for hydroxylation is 2. The molecular weight excluding hydrogens is 366 g/mol. The number of hydrogen-bond acceptors (Lipinski definition) is 5. The second-order valence-electron chi connectivity index (χ2n) is 7.53. The summed E-state index contributed by atoms with van der Waals surface area (Å²) in [6.45, 7) is 3.48. The minimum Gasteiger partial charge on any atom is -0.452 e. The van der Waals surface area contributed by atoms with Gasteiger partial charge in [-0.2, -0.15) is 0 Å². The second-order valence-corrected chi connectivity index (χ2v) is 9.76. The first-order valence-corrected chi connectivity index (χ1v) is 11.4. The summed E-state index contributed by atoms with van der Waals surface area (Å²) < 4.78 is 28.9. The molecule has 0 unspecified atom stereocenters. The predicted octanol–water partition coefficient (Wildman–Crippen LogP) is 2.15. The third kappa shape index (κ3) is 4.51. The summed E-state index contributed by atoms with van der Waals surface area (Å²) in [5, 5.41) is 0. The average Bonchev–Trinajstić information content (AvgIpc) is 3.24. The Morgan fingerprint density at radius 1 is 1.26 bits per heavy atom. The minimum absolute atomic E-state index is 0.0121. The Kier molecular flexibility index (Phi) is 5.89. The Bertz CT molecular complexity index is 833. The van der Waals surface area contributed by atoms with E-state index in [0.29, 0.717) is 18.4 Å². The lowest BCUT2D eigenvalue weighted by atomic mass is 10.1. The quantitative estimate of drug-likeness (QED) is 0.692. The maximum Gasteiger partial charge on any atom is 0.338 e. The van der Waals surface area contributed by atoms with Gasteiger partial charge in [0.25, 0.3) is 5.91 Å². The molecule has 1 aliphatic carbocycles. The number of fused-ring (bicyclic) bond motifs is 1. The van der Waals surface area contributed by atoms with Crippen LogP contribution in [0.5, 0.6) is 0 Å². The van der Waals surface area contributed by atoms with Crippen molar-refractivity contribution in [3.8, 4) is 0 Å². The van der Waals surface area contributed by atoms with Crippen LogP contribution in [0, 0.1) is 0 Å². The Hall–Kier alpha value is -1.89. The van der Waals surface area contributed by atoms with E-state index in [4.69, 9.17) is 4.74 Å². The molecule has 1 aromatic carbocycles. The van der Waals surface area contributed by atoms with Gasteiger partial charge in [0.1, 0.15) is 0 Å². The average molecular weight is 394 g/mol. The maximum atomic E-state index is 12.7. The highest BCUT2D eigenvalue weighted by molar-refractivity contribution is 7.91. The first-order chi connectivity index (χ1) is 12.8. The van der Waals surface area contributed by atoms with Gasteiger partial charge in [-0.05, 0) is 62.3 Å². The number of hydrogen-bond donors (Lipinski definition) is 0. The van der Waals surface area contributed by atoms with Crippen molar-refractivity contribution in [3.05, 3.63) is 34.9 Å². The fourth-order valence-electron chi connectivity index (χ4n) is 3.98. The van der Waals surface area contributed by atoms with E-state index in [1.54, 1.807) is 11.0 Å². The Balaban J connectivity index is 1.64. The smallest absolute Gasteiger partial charge is 0.338 e. The monoisotopic (exact) mass is 393 g/mol. The molecule has 0 spiro atoms. The molecule has 3 rings (SSSR count). The van der Waals surface area contributed by atoms with Gasteiger partial charge in [0, 0.05) is 12.1 Å². The van der Waals surface area contributed by atoms with Gasteiger partial charge in [-0.15, -0.1) is 0 Å². The van der Waals surface area contributed by atoms with Crippen LogP contribution in [0.25, 0.3) is 0 Å². The molecule has 7 heteroatoms. The van der Waals surface area contributed by atoms with Gasteiger partial charge in [-0.1, -0.05) is 13.0 Å². The normalized spacial score (nSPS) is 21.5. The highest BCUT2D eigenvalue weighted by Crippen LogP contribution is 2.24. The van der Waals surface area contributed by atoms with Gasteiger partial charge < -0.3 is 9.64 Å². The van der Waals surface area contributed by atoms with Crippen molar-refractivity contribution in [2.24, 2.45) is 0 Å². The number of ether oxygens (including phenoxy) is 1. The molecule has 1 saturated heterocycles. The lowest BCUT2D eigenvalue weighted by molar-refractivity contribution is -0.138. The maximum absolute atomic E-state index is 12.7. The highest BCUT2D eigenvalue weighted by Gasteiger charge is 2.36. The number of carbonyl (C=O) groups excluding carboxylic acids is 2. The fourth-order valence-corrected chi connectivity index (χ4v) is 5.70. The number of amides is 1. The van der Waals surface area contributed by atoms with Crippen LogP contribution >= 0.6 is 0 Å². The number of nitrogens with zero attached hydrogens (tertiary/aromatic N) is 1. The highest BCUT2D eigenvalue weighted by atomic mass is 32.2. The zero-order valence-corrected chi connectivity index (χ0v) is 16.8. The number of carbonyl (C=O) groups is 2. The van der Waals surface area contributed by atoms with Crippen molar-refractivity contribution in [2.45, 2.75) is 58.0 Å². The van der Waals surface area contributed by atoms with Crippen molar-refractivity contribution >= 4 is 21.7 Å². The van der Waals surface area contributed by atoms with Crippen molar-refractivity contribution < 1.29 is 22.7 Å². The zero-order chi connectivity index (χ0) is 19.6. The van der Waals surface area contributed by atoms with E-state index in [2.05, 4.69) is 0 Å². The van der Waals surface area contributed by atoms with Gasteiger partial charge >= 0.3 is 5.97 Å². The fraction of sp³-hybridized carbons (Fsp3) is 0.600. The molecule has 2 aliphatic rings. The van der Waals surface area contributed by atoms with Gasteiger partial charge in [-0.3, -0.25) is 4.79 Å². The van der Waals surface area contributed by atoms with Gasteiger partial charge in [0.2, 0.25) is 0 Å². The minimum atomic E-state index is -3.10. The summed E-state index contributed by atoms with van der Waals surface area (Å²) >= 11 is 0. The molecule has 148 valence electrons. The molecule has 6 nitrogen and oxygen atoms in total. The SMILES string of the molecule is CC[C@H](C)N(C(=O)COC(=O)c1ccc2c(c1)CCC2)[C@H]1CCS(=O)(=O)C1. The Morgan fingerprint density at radius 2 is 2.00 bits per heavy atom. The van der Waals surface area contributed by atoms with E-state index in [1.165, 1.54) is 11.1 Å². The van der Waals surface area contributed by atoms with Crippen molar-refractivity contribution in [3.63, 3.8) is 0 Å². The molecule has 27 heavy (non-hydrogen) atoms. The van der Waals surface area contributed by atoms with E-state index in [0.717, 1.165) is 19.3 Å². The van der Waals surface area contributed by atoms with Crippen molar-refractivity contribution in [2.75, 3.05) is 18.1 Å². The van der Waals surface area contributed by atoms with Gasteiger partial charge in [0.05, 0.1) is 17.1 Å². The summed E-state index contributed by atoms with van der Waals surface area (Å²) in [5.74, 6) is -0.753. The summed E-state index contributed by atoms with van der Waals surface area (Å²) in [6.07, 6.45) is 4.25. The van der Waals surface area contributed by atoms with E-state index in [9.17, 15) is 18.0 Å². The van der Waals surface area contributed by atoms with Crippen LogP contribution in [0.15, 0.2) is 18.2 Å². The Morgan fingerprint density at radius 3 is 2.67 bits per heavy atom. The van der Waals surface area contributed by atoms with Crippen molar-refractivity contribution in [1.82, 2.24) is 4.90 Å². The zero-order valence-electron chi connectivity index (χ0n) is 15.9. The van der Waals surface area contributed by atoms with E-state index < -0.39 is 15.8 Å². The second kappa shape index (κ2) is 8.00. The number of esters is 1. The number of rotatable bonds is 6. The molecule has 1 fully saturated rings. The van der Waals surface area contributed by atoms with Crippen LogP contribution in [0.2, 0.25) is 0 Å². The van der Waals surface area contributed by atoms with Crippen LogP contribution in [-0.4, -0.2) is 55.4 Å². The Labute approximate surface area is 160 Å². The van der Waals surface area contributed by atoms with E-state index in [-0.39, 0.29) is 36.1 Å². The molecule has 1 aliphatic heterocycles. The molecule has 0 radical (unpaired) electrons. The first-order valence-electron chi connectivity index (χ1n) is 9.61.